The lowest BCUT2D eigenvalue weighted by molar-refractivity contribution is -0.110. The van der Waals surface area contributed by atoms with E-state index in [0.29, 0.717) is 5.92 Å². The van der Waals surface area contributed by atoms with E-state index in [0.717, 1.165) is 25.7 Å². The number of rotatable bonds is 2. The molecule has 0 bridgehead atoms. The zero-order valence-electron chi connectivity index (χ0n) is 6.79. The summed E-state index contributed by atoms with van der Waals surface area (Å²) in [7, 11) is 0. The molecule has 1 amide bonds. The van der Waals surface area contributed by atoms with Crippen LogP contribution in [0.4, 0.5) is 0 Å². The first-order valence-corrected chi connectivity index (χ1v) is 4.11. The van der Waals surface area contributed by atoms with Crippen molar-refractivity contribution in [1.29, 1.82) is 0 Å². The maximum absolute atomic E-state index is 10.1. The van der Waals surface area contributed by atoms with Crippen LogP contribution in [0.15, 0.2) is 0 Å². The van der Waals surface area contributed by atoms with Crippen LogP contribution in [-0.4, -0.2) is 23.7 Å². The third-order valence-corrected chi connectivity index (χ3v) is 2.43. The summed E-state index contributed by atoms with van der Waals surface area (Å²) in [5.41, 5.74) is 0. The summed E-state index contributed by atoms with van der Waals surface area (Å²) in [4.78, 5) is 10.1. The third kappa shape index (κ3) is 2.19. The molecule has 1 fully saturated rings. The maximum atomic E-state index is 10.1. The molecule has 0 saturated heterocycles. The number of aliphatic hydroxyl groups excluding tert-OH is 1. The molecule has 0 heterocycles. The van der Waals surface area contributed by atoms with Crippen molar-refractivity contribution < 1.29 is 9.90 Å². The van der Waals surface area contributed by atoms with Gasteiger partial charge in [0.05, 0.1) is 6.10 Å². The first-order chi connectivity index (χ1) is 5.24. The number of aliphatic hydroxyl groups is 1. The molecule has 0 aromatic heterocycles. The zero-order valence-corrected chi connectivity index (χ0v) is 6.79. The fourth-order valence-corrected chi connectivity index (χ4v) is 1.63. The van der Waals surface area contributed by atoms with Gasteiger partial charge < -0.3 is 10.4 Å². The molecule has 1 aliphatic rings. The molecular formula is C8H15NO2. The Labute approximate surface area is 66.8 Å². The van der Waals surface area contributed by atoms with Crippen molar-refractivity contribution in [2.75, 3.05) is 0 Å². The molecule has 3 atom stereocenters. The van der Waals surface area contributed by atoms with Gasteiger partial charge in [-0.15, -0.1) is 0 Å². The zero-order chi connectivity index (χ0) is 8.27. The Balaban J connectivity index is 2.33. The molecule has 0 aromatic carbocycles. The van der Waals surface area contributed by atoms with Crippen LogP contribution < -0.4 is 5.32 Å². The minimum Gasteiger partial charge on any atom is -0.393 e. The Morgan fingerprint density at radius 2 is 2.27 bits per heavy atom. The molecular weight excluding hydrogens is 142 g/mol. The summed E-state index contributed by atoms with van der Waals surface area (Å²) in [5, 5.41) is 12.1. The van der Waals surface area contributed by atoms with Gasteiger partial charge in [-0.05, 0) is 25.2 Å². The Morgan fingerprint density at radius 1 is 1.55 bits per heavy atom. The van der Waals surface area contributed by atoms with E-state index in [9.17, 15) is 9.90 Å². The van der Waals surface area contributed by atoms with E-state index in [1.165, 1.54) is 0 Å². The van der Waals surface area contributed by atoms with Crippen LogP contribution in [0.25, 0.3) is 0 Å². The van der Waals surface area contributed by atoms with E-state index < -0.39 is 0 Å². The van der Waals surface area contributed by atoms with Crippen molar-refractivity contribution >= 4 is 6.41 Å². The maximum Gasteiger partial charge on any atom is 0.207 e. The molecule has 3 heteroatoms. The summed E-state index contributed by atoms with van der Waals surface area (Å²) in [5.74, 6) is 0.321. The van der Waals surface area contributed by atoms with Gasteiger partial charge >= 0.3 is 0 Å². The fraction of sp³-hybridized carbons (Fsp3) is 0.875. The van der Waals surface area contributed by atoms with Gasteiger partial charge in [-0.25, -0.2) is 0 Å². The Morgan fingerprint density at radius 3 is 2.82 bits per heavy atom. The molecule has 3 nitrogen and oxygen atoms in total. The first kappa shape index (κ1) is 8.53. The van der Waals surface area contributed by atoms with E-state index in [4.69, 9.17) is 0 Å². The average molecular weight is 157 g/mol. The van der Waals surface area contributed by atoms with E-state index in [1.807, 2.05) is 6.92 Å². The number of hydrogen-bond donors (Lipinski definition) is 2. The molecule has 0 aromatic rings. The van der Waals surface area contributed by atoms with Crippen LogP contribution in [0.1, 0.15) is 26.2 Å². The van der Waals surface area contributed by atoms with E-state index in [2.05, 4.69) is 5.32 Å². The lowest BCUT2D eigenvalue weighted by Crippen LogP contribution is -2.38. The standard InChI is InChI=1S/C8H15NO2/c1-6-4-7(9-5-10)2-3-8(6)11/h5-8,11H,2-4H2,1H3,(H,9,10)/t6-,7+,8?/m1/s1. The summed E-state index contributed by atoms with van der Waals surface area (Å²) in [6.45, 7) is 2.02. The number of amides is 1. The minimum absolute atomic E-state index is 0.167. The predicted molar refractivity (Wildman–Crippen MR) is 42.0 cm³/mol. The van der Waals surface area contributed by atoms with Crippen molar-refractivity contribution in [2.24, 2.45) is 5.92 Å². The van der Waals surface area contributed by atoms with Gasteiger partial charge in [0, 0.05) is 6.04 Å². The van der Waals surface area contributed by atoms with Gasteiger partial charge in [-0.1, -0.05) is 6.92 Å². The highest BCUT2D eigenvalue weighted by molar-refractivity contribution is 5.46. The summed E-state index contributed by atoms with van der Waals surface area (Å²) in [6.07, 6.45) is 3.20. The van der Waals surface area contributed by atoms with Crippen LogP contribution in [-0.2, 0) is 4.79 Å². The highest BCUT2D eigenvalue weighted by Gasteiger charge is 2.25. The molecule has 1 aliphatic carbocycles. The monoisotopic (exact) mass is 157 g/mol. The van der Waals surface area contributed by atoms with Crippen LogP contribution in [0.3, 0.4) is 0 Å². The smallest absolute Gasteiger partial charge is 0.207 e. The molecule has 11 heavy (non-hydrogen) atoms. The highest BCUT2D eigenvalue weighted by atomic mass is 16.3. The van der Waals surface area contributed by atoms with Crippen LogP contribution >= 0.6 is 0 Å². The van der Waals surface area contributed by atoms with Crippen molar-refractivity contribution in [3.05, 3.63) is 0 Å². The number of carbonyl (C=O) groups is 1. The highest BCUT2D eigenvalue weighted by Crippen LogP contribution is 2.23. The Bertz CT molecular complexity index is 138. The van der Waals surface area contributed by atoms with Gasteiger partial charge in [-0.2, -0.15) is 0 Å². The second-order valence-electron chi connectivity index (χ2n) is 3.34. The number of carbonyl (C=O) groups excluding carboxylic acids is 1. The molecule has 0 aliphatic heterocycles. The van der Waals surface area contributed by atoms with E-state index in [-0.39, 0.29) is 12.1 Å². The van der Waals surface area contributed by atoms with Crippen LogP contribution in [0.2, 0.25) is 0 Å². The van der Waals surface area contributed by atoms with Gasteiger partial charge in [0.2, 0.25) is 6.41 Å². The molecule has 64 valence electrons. The van der Waals surface area contributed by atoms with Gasteiger partial charge in [0.1, 0.15) is 0 Å². The molecule has 1 saturated carbocycles. The minimum atomic E-state index is -0.167. The van der Waals surface area contributed by atoms with Gasteiger partial charge in [0.25, 0.3) is 0 Å². The third-order valence-electron chi connectivity index (χ3n) is 2.43. The molecule has 1 unspecified atom stereocenters. The lowest BCUT2D eigenvalue weighted by Gasteiger charge is -2.30. The largest absolute Gasteiger partial charge is 0.393 e. The molecule has 1 rings (SSSR count). The normalized spacial score (nSPS) is 38.2. The van der Waals surface area contributed by atoms with Crippen molar-refractivity contribution in [2.45, 2.75) is 38.3 Å². The van der Waals surface area contributed by atoms with Crippen molar-refractivity contribution in [3.8, 4) is 0 Å². The quantitative estimate of drug-likeness (QED) is 0.566. The lowest BCUT2D eigenvalue weighted by atomic mass is 9.85. The summed E-state index contributed by atoms with van der Waals surface area (Å²) < 4.78 is 0. The molecule has 0 radical (unpaired) electrons. The number of nitrogens with one attached hydrogen (secondary N) is 1. The molecule has 2 N–H and O–H groups in total. The molecule has 0 spiro atoms. The average Bonchev–Trinajstić information content (AvgIpc) is 1.98. The fourth-order valence-electron chi connectivity index (χ4n) is 1.63. The van der Waals surface area contributed by atoms with E-state index >= 15 is 0 Å². The van der Waals surface area contributed by atoms with Crippen LogP contribution in [0.5, 0.6) is 0 Å². The van der Waals surface area contributed by atoms with Crippen molar-refractivity contribution in [3.63, 3.8) is 0 Å². The second-order valence-corrected chi connectivity index (χ2v) is 3.34. The van der Waals surface area contributed by atoms with Crippen molar-refractivity contribution in [1.82, 2.24) is 5.32 Å². The predicted octanol–water partition coefficient (Wildman–Crippen LogP) is 0.282. The topological polar surface area (TPSA) is 49.3 Å². The first-order valence-electron chi connectivity index (χ1n) is 4.11. The summed E-state index contributed by atoms with van der Waals surface area (Å²) >= 11 is 0. The number of hydrogen-bond acceptors (Lipinski definition) is 2. The van der Waals surface area contributed by atoms with E-state index in [1.54, 1.807) is 0 Å². The summed E-state index contributed by atoms with van der Waals surface area (Å²) in [6, 6.07) is 0.283. The second kappa shape index (κ2) is 3.72. The van der Waals surface area contributed by atoms with Crippen LogP contribution in [0, 0.1) is 5.92 Å². The SMILES string of the molecule is C[C@@H]1C[C@@H](NC=O)CCC1O. The van der Waals surface area contributed by atoms with Gasteiger partial charge in [0.15, 0.2) is 0 Å². The van der Waals surface area contributed by atoms with Gasteiger partial charge in [-0.3, -0.25) is 4.79 Å². The Kier molecular flexibility index (Phi) is 2.88. The Hall–Kier alpha value is -0.570.